The van der Waals surface area contributed by atoms with Gasteiger partial charge in [0, 0.05) is 12.0 Å². The Bertz CT molecular complexity index is 251. The Morgan fingerprint density at radius 3 is 2.08 bits per heavy atom. The van der Waals surface area contributed by atoms with Crippen molar-refractivity contribution in [3.8, 4) is 5.75 Å². The Balaban J connectivity index is 2.96. The molecule has 0 radical (unpaired) electrons. The SMILES string of the molecule is CCC(O)(O)c1ccc(O)cc1. The van der Waals surface area contributed by atoms with Gasteiger partial charge in [0.1, 0.15) is 5.75 Å². The second kappa shape index (κ2) is 3.13. The van der Waals surface area contributed by atoms with Crippen LogP contribution in [0.5, 0.6) is 5.75 Å². The molecule has 3 nitrogen and oxygen atoms in total. The predicted molar refractivity (Wildman–Crippen MR) is 44.5 cm³/mol. The molecule has 0 saturated heterocycles. The summed E-state index contributed by atoms with van der Waals surface area (Å²) in [5.41, 5.74) is 0.391. The highest BCUT2D eigenvalue weighted by Gasteiger charge is 2.22. The van der Waals surface area contributed by atoms with E-state index >= 15 is 0 Å². The van der Waals surface area contributed by atoms with Gasteiger partial charge in [-0.1, -0.05) is 6.92 Å². The van der Waals surface area contributed by atoms with Gasteiger partial charge >= 0.3 is 0 Å². The Labute approximate surface area is 70.9 Å². The van der Waals surface area contributed by atoms with Crippen LogP contribution in [0.2, 0.25) is 0 Å². The van der Waals surface area contributed by atoms with Gasteiger partial charge in [0.2, 0.25) is 0 Å². The number of hydrogen-bond donors (Lipinski definition) is 3. The largest absolute Gasteiger partial charge is 0.508 e. The van der Waals surface area contributed by atoms with Crippen molar-refractivity contribution in [1.29, 1.82) is 0 Å². The molecule has 0 aromatic heterocycles. The van der Waals surface area contributed by atoms with Gasteiger partial charge in [-0.05, 0) is 24.3 Å². The highest BCUT2D eigenvalue weighted by Crippen LogP contribution is 2.22. The van der Waals surface area contributed by atoms with Gasteiger partial charge in [-0.2, -0.15) is 0 Å². The minimum atomic E-state index is -1.78. The van der Waals surface area contributed by atoms with Crippen LogP contribution in [0.15, 0.2) is 24.3 Å². The fraction of sp³-hybridized carbons (Fsp3) is 0.333. The molecule has 3 N–H and O–H groups in total. The summed E-state index contributed by atoms with van der Waals surface area (Å²) in [5, 5.41) is 27.7. The summed E-state index contributed by atoms with van der Waals surface area (Å²) < 4.78 is 0. The van der Waals surface area contributed by atoms with Crippen LogP contribution in [-0.2, 0) is 5.79 Å². The van der Waals surface area contributed by atoms with Crippen molar-refractivity contribution >= 4 is 0 Å². The van der Waals surface area contributed by atoms with E-state index in [1.807, 2.05) is 0 Å². The summed E-state index contributed by atoms with van der Waals surface area (Å²) in [5.74, 6) is -1.67. The lowest BCUT2D eigenvalue weighted by Gasteiger charge is -2.19. The second-order valence-electron chi connectivity index (χ2n) is 2.72. The fourth-order valence-electron chi connectivity index (χ4n) is 0.932. The maximum Gasteiger partial charge on any atom is 0.189 e. The molecule has 0 spiro atoms. The van der Waals surface area contributed by atoms with Crippen molar-refractivity contribution in [2.75, 3.05) is 0 Å². The van der Waals surface area contributed by atoms with Crippen molar-refractivity contribution in [1.82, 2.24) is 0 Å². The molecular weight excluding hydrogens is 156 g/mol. The Hall–Kier alpha value is -1.06. The van der Waals surface area contributed by atoms with E-state index in [9.17, 15) is 10.2 Å². The van der Waals surface area contributed by atoms with Gasteiger partial charge in [-0.3, -0.25) is 0 Å². The van der Waals surface area contributed by atoms with Crippen LogP contribution in [0.3, 0.4) is 0 Å². The number of phenols is 1. The van der Waals surface area contributed by atoms with Crippen molar-refractivity contribution in [2.24, 2.45) is 0 Å². The quantitative estimate of drug-likeness (QED) is 0.576. The Kier molecular flexibility index (Phi) is 2.35. The first-order valence-electron chi connectivity index (χ1n) is 3.80. The van der Waals surface area contributed by atoms with Crippen molar-refractivity contribution in [3.63, 3.8) is 0 Å². The zero-order chi connectivity index (χ0) is 9.19. The molecule has 0 bridgehead atoms. The Morgan fingerprint density at radius 1 is 1.17 bits per heavy atom. The fourth-order valence-corrected chi connectivity index (χ4v) is 0.932. The third-order valence-corrected chi connectivity index (χ3v) is 1.82. The monoisotopic (exact) mass is 168 g/mol. The molecule has 0 saturated carbocycles. The topological polar surface area (TPSA) is 60.7 Å². The molecule has 0 atom stereocenters. The zero-order valence-electron chi connectivity index (χ0n) is 6.86. The van der Waals surface area contributed by atoms with E-state index in [1.165, 1.54) is 24.3 Å². The molecular formula is C9H12O3. The van der Waals surface area contributed by atoms with E-state index < -0.39 is 5.79 Å². The van der Waals surface area contributed by atoms with E-state index in [2.05, 4.69) is 0 Å². The normalized spacial score (nSPS) is 11.6. The lowest BCUT2D eigenvalue weighted by atomic mass is 10.0. The summed E-state index contributed by atoms with van der Waals surface area (Å²) >= 11 is 0. The van der Waals surface area contributed by atoms with Crippen molar-refractivity contribution < 1.29 is 15.3 Å². The highest BCUT2D eigenvalue weighted by molar-refractivity contribution is 5.28. The molecule has 0 amide bonds. The second-order valence-corrected chi connectivity index (χ2v) is 2.72. The molecule has 0 fully saturated rings. The molecule has 3 heteroatoms. The number of hydrogen-bond acceptors (Lipinski definition) is 3. The first-order chi connectivity index (χ1) is 5.56. The number of aromatic hydroxyl groups is 1. The van der Waals surface area contributed by atoms with Gasteiger partial charge in [0.25, 0.3) is 0 Å². The van der Waals surface area contributed by atoms with Crippen LogP contribution in [0.1, 0.15) is 18.9 Å². The number of aliphatic hydroxyl groups is 2. The maximum atomic E-state index is 9.36. The van der Waals surface area contributed by atoms with Crippen LogP contribution in [-0.4, -0.2) is 15.3 Å². The lowest BCUT2D eigenvalue weighted by Crippen LogP contribution is -2.23. The smallest absolute Gasteiger partial charge is 0.189 e. The molecule has 0 unspecified atom stereocenters. The summed E-state index contributed by atoms with van der Waals surface area (Å²) in [6.45, 7) is 1.67. The van der Waals surface area contributed by atoms with Gasteiger partial charge in [-0.25, -0.2) is 0 Å². The number of benzene rings is 1. The summed E-state index contributed by atoms with van der Waals surface area (Å²) in [6.07, 6.45) is 0.220. The molecule has 0 heterocycles. The summed E-state index contributed by atoms with van der Waals surface area (Å²) in [6, 6.07) is 5.82. The number of phenolic OH excluding ortho intramolecular Hbond substituents is 1. The van der Waals surface area contributed by atoms with E-state index in [4.69, 9.17) is 5.11 Å². The van der Waals surface area contributed by atoms with E-state index in [0.29, 0.717) is 5.56 Å². The molecule has 12 heavy (non-hydrogen) atoms. The third kappa shape index (κ3) is 1.75. The summed E-state index contributed by atoms with van der Waals surface area (Å²) in [4.78, 5) is 0. The average molecular weight is 168 g/mol. The zero-order valence-corrected chi connectivity index (χ0v) is 6.86. The first kappa shape index (κ1) is 9.03. The van der Waals surface area contributed by atoms with Gasteiger partial charge in [-0.15, -0.1) is 0 Å². The highest BCUT2D eigenvalue weighted by atomic mass is 16.5. The molecule has 0 aliphatic heterocycles. The minimum absolute atomic E-state index is 0.116. The van der Waals surface area contributed by atoms with Gasteiger partial charge < -0.3 is 15.3 Å². The summed E-state index contributed by atoms with van der Waals surface area (Å²) in [7, 11) is 0. The van der Waals surface area contributed by atoms with Crippen LogP contribution in [0.4, 0.5) is 0 Å². The lowest BCUT2D eigenvalue weighted by molar-refractivity contribution is -0.171. The molecule has 1 aromatic carbocycles. The molecule has 66 valence electrons. The van der Waals surface area contributed by atoms with Crippen LogP contribution < -0.4 is 0 Å². The van der Waals surface area contributed by atoms with Crippen LogP contribution in [0.25, 0.3) is 0 Å². The third-order valence-electron chi connectivity index (χ3n) is 1.82. The van der Waals surface area contributed by atoms with E-state index in [0.717, 1.165) is 0 Å². The molecule has 1 aromatic rings. The van der Waals surface area contributed by atoms with E-state index in [1.54, 1.807) is 6.92 Å². The minimum Gasteiger partial charge on any atom is -0.508 e. The standard InChI is InChI=1S/C9H12O3/c1-2-9(11,12)7-3-5-8(10)6-4-7/h3-6,10-12H,2H2,1H3. The van der Waals surface area contributed by atoms with Crippen LogP contribution >= 0.6 is 0 Å². The van der Waals surface area contributed by atoms with Gasteiger partial charge in [0.05, 0.1) is 0 Å². The number of rotatable bonds is 2. The van der Waals surface area contributed by atoms with Crippen molar-refractivity contribution in [2.45, 2.75) is 19.1 Å². The van der Waals surface area contributed by atoms with Gasteiger partial charge in [0.15, 0.2) is 5.79 Å². The molecule has 0 aliphatic carbocycles. The van der Waals surface area contributed by atoms with E-state index in [-0.39, 0.29) is 12.2 Å². The maximum absolute atomic E-state index is 9.36. The van der Waals surface area contributed by atoms with Crippen LogP contribution in [0, 0.1) is 0 Å². The Morgan fingerprint density at radius 2 is 1.67 bits per heavy atom. The first-order valence-corrected chi connectivity index (χ1v) is 3.80. The molecule has 0 aliphatic rings. The average Bonchev–Trinajstić information content (AvgIpc) is 2.05. The predicted octanol–water partition coefficient (Wildman–Crippen LogP) is 0.940. The molecule has 1 rings (SSSR count). The van der Waals surface area contributed by atoms with Crippen molar-refractivity contribution in [3.05, 3.63) is 29.8 Å².